The number of guanidine groups is 1. The highest BCUT2D eigenvalue weighted by Gasteiger charge is 2.31. The molecule has 0 aromatic heterocycles. The Balaban J connectivity index is 2.11. The zero-order valence-electron chi connectivity index (χ0n) is 15.1. The molecule has 8 heteroatoms. The summed E-state index contributed by atoms with van der Waals surface area (Å²) in [6.45, 7) is 5.86. The maximum atomic E-state index is 12.8. The maximum Gasteiger partial charge on any atom is 0.416 e. The summed E-state index contributed by atoms with van der Waals surface area (Å²) in [4.78, 5) is 6.57. The Morgan fingerprint density at radius 2 is 1.92 bits per heavy atom. The molecule has 0 aliphatic carbocycles. The fourth-order valence-electron chi connectivity index (χ4n) is 2.85. The Kier molecular flexibility index (Phi) is 7.71. The van der Waals surface area contributed by atoms with E-state index < -0.39 is 11.7 Å². The average Bonchev–Trinajstić information content (AvgIpc) is 2.63. The third kappa shape index (κ3) is 6.17. The molecule has 1 aromatic rings. The van der Waals surface area contributed by atoms with E-state index >= 15 is 0 Å². The van der Waals surface area contributed by atoms with Crippen molar-refractivity contribution in [2.24, 2.45) is 10.7 Å². The van der Waals surface area contributed by atoms with Crippen LogP contribution >= 0.6 is 0 Å². The Labute approximate surface area is 152 Å². The minimum atomic E-state index is -4.33. The predicted molar refractivity (Wildman–Crippen MR) is 96.0 cm³/mol. The Morgan fingerprint density at radius 3 is 2.50 bits per heavy atom. The van der Waals surface area contributed by atoms with E-state index in [1.807, 2.05) is 0 Å². The van der Waals surface area contributed by atoms with Gasteiger partial charge in [0, 0.05) is 19.6 Å². The van der Waals surface area contributed by atoms with E-state index in [2.05, 4.69) is 22.1 Å². The minimum absolute atomic E-state index is 0.132. The average molecular weight is 372 g/mol. The van der Waals surface area contributed by atoms with E-state index in [4.69, 9.17) is 10.5 Å². The van der Waals surface area contributed by atoms with Crippen molar-refractivity contribution < 1.29 is 17.9 Å². The van der Waals surface area contributed by atoms with Gasteiger partial charge >= 0.3 is 6.18 Å². The zero-order chi connectivity index (χ0) is 19.0. The third-order valence-corrected chi connectivity index (χ3v) is 4.38. The van der Waals surface area contributed by atoms with Gasteiger partial charge < -0.3 is 15.8 Å². The van der Waals surface area contributed by atoms with E-state index in [0.717, 1.165) is 37.1 Å². The van der Waals surface area contributed by atoms with Crippen LogP contribution in [0.1, 0.15) is 36.9 Å². The first-order valence-corrected chi connectivity index (χ1v) is 8.94. The molecule has 3 N–H and O–H groups in total. The van der Waals surface area contributed by atoms with Crippen molar-refractivity contribution in [3.63, 3.8) is 0 Å². The molecule has 0 spiro atoms. The number of hydrogen-bond donors (Lipinski definition) is 2. The lowest BCUT2D eigenvalue weighted by Gasteiger charge is -2.34. The highest BCUT2D eigenvalue weighted by molar-refractivity contribution is 5.77. The molecular formula is C18H27F3N4O. The van der Waals surface area contributed by atoms with Crippen LogP contribution in [0.15, 0.2) is 29.3 Å². The quantitative estimate of drug-likeness (QED) is 0.439. The molecule has 2 rings (SSSR count). The maximum absolute atomic E-state index is 12.8. The normalized spacial score (nSPS) is 17.9. The summed E-state index contributed by atoms with van der Waals surface area (Å²) in [7, 11) is 0. The number of alkyl halides is 3. The van der Waals surface area contributed by atoms with Crippen LogP contribution in [0.3, 0.4) is 0 Å². The first-order chi connectivity index (χ1) is 12.4. The molecule has 0 bridgehead atoms. The molecular weight excluding hydrogens is 345 g/mol. The number of halogens is 3. The number of ether oxygens (including phenoxy) is 1. The van der Waals surface area contributed by atoms with Gasteiger partial charge in [0.15, 0.2) is 5.96 Å². The summed E-state index contributed by atoms with van der Waals surface area (Å²) >= 11 is 0. The van der Waals surface area contributed by atoms with Crippen molar-refractivity contribution in [2.45, 2.75) is 32.0 Å². The van der Waals surface area contributed by atoms with Crippen molar-refractivity contribution in [1.29, 1.82) is 0 Å². The van der Waals surface area contributed by atoms with Gasteiger partial charge in [0.2, 0.25) is 0 Å². The van der Waals surface area contributed by atoms with Crippen LogP contribution in [-0.4, -0.2) is 50.3 Å². The predicted octanol–water partition coefficient (Wildman–Crippen LogP) is 2.78. The molecule has 1 heterocycles. The van der Waals surface area contributed by atoms with Crippen molar-refractivity contribution in [3.8, 4) is 0 Å². The first-order valence-electron chi connectivity index (χ1n) is 8.94. The summed E-state index contributed by atoms with van der Waals surface area (Å²) in [6.07, 6.45) is -2.27. The van der Waals surface area contributed by atoms with Crippen LogP contribution in [0.4, 0.5) is 13.2 Å². The zero-order valence-corrected chi connectivity index (χ0v) is 15.1. The number of nitrogens with zero attached hydrogens (tertiary/aromatic N) is 2. The number of nitrogens with two attached hydrogens (primary N) is 1. The van der Waals surface area contributed by atoms with Gasteiger partial charge in [0.1, 0.15) is 0 Å². The van der Waals surface area contributed by atoms with Gasteiger partial charge in [-0.25, -0.2) is 0 Å². The lowest BCUT2D eigenvalue weighted by atomic mass is 10.0. The molecule has 1 fully saturated rings. The molecule has 146 valence electrons. The summed E-state index contributed by atoms with van der Waals surface area (Å²) in [5.41, 5.74) is 6.05. The smallest absolute Gasteiger partial charge is 0.379 e. The SMILES string of the molecule is CCCCNC(N)=NCC(c1ccc(C(F)(F)F)cc1)N1CCOCC1. The number of morpholine rings is 1. The monoisotopic (exact) mass is 372 g/mol. The number of unbranched alkanes of at least 4 members (excludes halogenated alkanes) is 1. The van der Waals surface area contributed by atoms with Crippen LogP contribution < -0.4 is 11.1 Å². The second kappa shape index (κ2) is 9.78. The second-order valence-electron chi connectivity index (χ2n) is 6.29. The lowest BCUT2D eigenvalue weighted by molar-refractivity contribution is -0.137. The van der Waals surface area contributed by atoms with Crippen LogP contribution in [-0.2, 0) is 10.9 Å². The van der Waals surface area contributed by atoms with E-state index in [-0.39, 0.29) is 6.04 Å². The van der Waals surface area contributed by atoms with Crippen LogP contribution in [0.5, 0.6) is 0 Å². The van der Waals surface area contributed by atoms with E-state index in [0.29, 0.717) is 38.8 Å². The number of benzene rings is 1. The van der Waals surface area contributed by atoms with Crippen molar-refractivity contribution in [1.82, 2.24) is 10.2 Å². The van der Waals surface area contributed by atoms with Gasteiger partial charge in [0.05, 0.1) is 31.4 Å². The van der Waals surface area contributed by atoms with Crippen LogP contribution in [0, 0.1) is 0 Å². The number of nitrogens with one attached hydrogen (secondary N) is 1. The minimum Gasteiger partial charge on any atom is -0.379 e. The summed E-state index contributed by atoms with van der Waals surface area (Å²) in [5, 5.41) is 3.06. The van der Waals surface area contributed by atoms with Gasteiger partial charge in [-0.2, -0.15) is 13.2 Å². The van der Waals surface area contributed by atoms with Crippen LogP contribution in [0.2, 0.25) is 0 Å². The Bertz CT molecular complexity index is 569. The second-order valence-corrected chi connectivity index (χ2v) is 6.29. The summed E-state index contributed by atoms with van der Waals surface area (Å²) in [6, 6.07) is 5.16. The number of hydrogen-bond acceptors (Lipinski definition) is 3. The number of rotatable bonds is 7. The van der Waals surface area contributed by atoms with Crippen molar-refractivity contribution >= 4 is 5.96 Å². The number of aliphatic imine (C=N–C) groups is 1. The van der Waals surface area contributed by atoms with Gasteiger partial charge in [-0.1, -0.05) is 25.5 Å². The molecule has 1 aliphatic heterocycles. The van der Waals surface area contributed by atoms with E-state index in [9.17, 15) is 13.2 Å². The van der Waals surface area contributed by atoms with Crippen molar-refractivity contribution in [2.75, 3.05) is 39.4 Å². The summed E-state index contributed by atoms with van der Waals surface area (Å²) in [5.74, 6) is 0.364. The van der Waals surface area contributed by atoms with Gasteiger partial charge in [-0.05, 0) is 24.1 Å². The van der Waals surface area contributed by atoms with Crippen molar-refractivity contribution in [3.05, 3.63) is 35.4 Å². The Morgan fingerprint density at radius 1 is 1.27 bits per heavy atom. The topological polar surface area (TPSA) is 62.9 Å². The largest absolute Gasteiger partial charge is 0.416 e. The third-order valence-electron chi connectivity index (χ3n) is 4.38. The van der Waals surface area contributed by atoms with E-state index in [1.165, 1.54) is 12.1 Å². The fourth-order valence-corrected chi connectivity index (χ4v) is 2.85. The van der Waals surface area contributed by atoms with Gasteiger partial charge in [-0.3, -0.25) is 9.89 Å². The molecule has 1 atom stereocenters. The molecule has 26 heavy (non-hydrogen) atoms. The molecule has 0 saturated carbocycles. The standard InChI is InChI=1S/C18H27F3N4O/c1-2-3-8-23-17(22)24-13-16(25-9-11-26-12-10-25)14-4-6-15(7-5-14)18(19,20)21/h4-7,16H,2-3,8-13H2,1H3,(H3,22,23,24). The molecule has 1 saturated heterocycles. The highest BCUT2D eigenvalue weighted by Crippen LogP contribution is 2.31. The first kappa shape index (κ1) is 20.5. The fraction of sp³-hybridized carbons (Fsp3) is 0.611. The molecule has 1 aromatic carbocycles. The molecule has 5 nitrogen and oxygen atoms in total. The van der Waals surface area contributed by atoms with E-state index in [1.54, 1.807) is 0 Å². The van der Waals surface area contributed by atoms with Gasteiger partial charge in [0.25, 0.3) is 0 Å². The highest BCUT2D eigenvalue weighted by atomic mass is 19.4. The molecule has 0 amide bonds. The summed E-state index contributed by atoms with van der Waals surface area (Å²) < 4.78 is 43.8. The Hall–Kier alpha value is -1.80. The van der Waals surface area contributed by atoms with Crippen LogP contribution in [0.25, 0.3) is 0 Å². The molecule has 1 unspecified atom stereocenters. The van der Waals surface area contributed by atoms with Gasteiger partial charge in [-0.15, -0.1) is 0 Å². The lowest BCUT2D eigenvalue weighted by Crippen LogP contribution is -2.41. The molecule has 0 radical (unpaired) electrons. The molecule has 1 aliphatic rings.